The summed E-state index contributed by atoms with van der Waals surface area (Å²) in [5.41, 5.74) is 1.46. The number of nitrogens with one attached hydrogen (secondary N) is 1. The van der Waals surface area contributed by atoms with E-state index in [0.29, 0.717) is 33.5 Å². The quantitative estimate of drug-likeness (QED) is 0.787. The van der Waals surface area contributed by atoms with Crippen LogP contribution in [-0.2, 0) is 6.42 Å². The van der Waals surface area contributed by atoms with Crippen LogP contribution in [0.4, 0.5) is 0 Å². The molecule has 0 spiro atoms. The van der Waals surface area contributed by atoms with Crippen molar-refractivity contribution in [3.63, 3.8) is 0 Å². The van der Waals surface area contributed by atoms with Crippen molar-refractivity contribution in [3.05, 3.63) is 51.8 Å². The Balaban J connectivity index is 0.00000243. The zero-order chi connectivity index (χ0) is 17.8. The normalized spacial score (nSPS) is 15.4. The minimum Gasteiger partial charge on any atom is -0.870 e. The predicted octanol–water partition coefficient (Wildman–Crippen LogP) is 4.24. The van der Waals surface area contributed by atoms with Gasteiger partial charge in [-0.1, -0.05) is 29.3 Å². The van der Waals surface area contributed by atoms with E-state index >= 15 is 0 Å². The minimum absolute atomic E-state index is 0. The van der Waals surface area contributed by atoms with E-state index in [1.807, 2.05) is 18.2 Å². The van der Waals surface area contributed by atoms with Crippen molar-refractivity contribution in [3.8, 4) is 11.5 Å². The van der Waals surface area contributed by atoms with Gasteiger partial charge in [-0.3, -0.25) is 0 Å². The monoisotopic (exact) mass is 399 g/mol. The molecule has 1 aliphatic carbocycles. The van der Waals surface area contributed by atoms with Gasteiger partial charge in [0, 0.05) is 12.0 Å². The highest BCUT2D eigenvalue weighted by Crippen LogP contribution is 2.35. The Morgan fingerprint density at radius 3 is 2.42 bits per heavy atom. The number of pyridine rings is 1. The summed E-state index contributed by atoms with van der Waals surface area (Å²) in [5, 5.41) is 11.7. The van der Waals surface area contributed by atoms with Crippen molar-refractivity contribution in [2.24, 2.45) is 0 Å². The molecule has 1 fully saturated rings. The number of halogens is 2. The molecular formula is C19H23Cl2NO4. The highest BCUT2D eigenvalue weighted by Gasteiger charge is 2.21. The van der Waals surface area contributed by atoms with E-state index in [-0.39, 0.29) is 11.6 Å². The summed E-state index contributed by atoms with van der Waals surface area (Å²) in [4.78, 5) is 2.86. The summed E-state index contributed by atoms with van der Waals surface area (Å²) in [6.45, 7) is 0. The van der Waals surface area contributed by atoms with Gasteiger partial charge in [-0.05, 0) is 43.4 Å². The molecular weight excluding hydrogens is 377 g/mol. The van der Waals surface area contributed by atoms with Crippen LogP contribution in [0.2, 0.25) is 10.0 Å². The fraction of sp³-hybridized carbons (Fsp3) is 0.421. The fourth-order valence-corrected chi connectivity index (χ4v) is 3.69. The van der Waals surface area contributed by atoms with E-state index in [0.717, 1.165) is 18.4 Å². The van der Waals surface area contributed by atoms with E-state index in [1.54, 1.807) is 19.5 Å². The van der Waals surface area contributed by atoms with Crippen molar-refractivity contribution in [2.45, 2.75) is 44.3 Å². The number of aliphatic hydroxyl groups is 1. The third kappa shape index (κ3) is 4.80. The van der Waals surface area contributed by atoms with Gasteiger partial charge in [0.2, 0.25) is 0 Å². The van der Waals surface area contributed by atoms with Gasteiger partial charge < -0.3 is 20.1 Å². The standard InChI is InChI=1S/C19H21Cl2NO3.H2O/c1-24-18-7-6-12(8-19(18)25-13-4-2-3-5-13)17(23)9-14-15(20)10-22-11-16(14)21;/h6-8,10-11,13,17,23H,2-5,9H2,1H3;1H2. The Hall–Kier alpha value is -1.53. The molecule has 1 saturated carbocycles. The van der Waals surface area contributed by atoms with Crippen molar-refractivity contribution in [2.75, 3.05) is 7.11 Å². The van der Waals surface area contributed by atoms with Gasteiger partial charge in [0.25, 0.3) is 0 Å². The number of ether oxygens (including phenoxy) is 2. The molecule has 1 unspecified atom stereocenters. The van der Waals surface area contributed by atoms with E-state index in [1.165, 1.54) is 12.8 Å². The highest BCUT2D eigenvalue weighted by atomic mass is 35.5. The molecule has 7 heteroatoms. The van der Waals surface area contributed by atoms with E-state index in [9.17, 15) is 5.11 Å². The van der Waals surface area contributed by atoms with E-state index in [2.05, 4.69) is 4.98 Å². The molecule has 0 radical (unpaired) electrons. The first-order valence-electron chi connectivity index (χ1n) is 8.45. The summed E-state index contributed by atoms with van der Waals surface area (Å²) in [6, 6.07) is 5.51. The smallest absolute Gasteiger partial charge is 0.186 e. The van der Waals surface area contributed by atoms with Crippen LogP contribution in [-0.4, -0.2) is 23.8 Å². The number of hydrogen-bond donors (Lipinski definition) is 1. The highest BCUT2D eigenvalue weighted by molar-refractivity contribution is 6.35. The molecule has 3 N–H and O–H groups in total. The number of benzene rings is 1. The number of H-pyrrole nitrogens is 1. The average Bonchev–Trinajstić information content (AvgIpc) is 3.11. The Bertz CT molecular complexity index is 715. The van der Waals surface area contributed by atoms with Gasteiger partial charge >= 0.3 is 0 Å². The zero-order valence-corrected chi connectivity index (χ0v) is 16.1. The zero-order valence-electron chi connectivity index (χ0n) is 14.5. The molecule has 26 heavy (non-hydrogen) atoms. The summed E-state index contributed by atoms with van der Waals surface area (Å²) < 4.78 is 11.5. The molecule has 1 aromatic carbocycles. The molecule has 142 valence electrons. The van der Waals surface area contributed by atoms with Crippen LogP contribution in [0.1, 0.15) is 42.9 Å². The van der Waals surface area contributed by atoms with E-state index in [4.69, 9.17) is 32.7 Å². The lowest BCUT2D eigenvalue weighted by atomic mass is 10.0. The number of hydrogen-bond acceptors (Lipinski definition) is 4. The van der Waals surface area contributed by atoms with Crippen molar-refractivity contribution >= 4 is 23.2 Å². The fourth-order valence-electron chi connectivity index (χ4n) is 3.16. The largest absolute Gasteiger partial charge is 0.870 e. The van der Waals surface area contributed by atoms with Gasteiger partial charge in [-0.25, -0.2) is 4.98 Å². The molecule has 1 heterocycles. The molecule has 0 bridgehead atoms. The average molecular weight is 400 g/mol. The minimum atomic E-state index is -0.741. The van der Waals surface area contributed by atoms with Gasteiger partial charge in [0.15, 0.2) is 23.9 Å². The summed E-state index contributed by atoms with van der Waals surface area (Å²) in [7, 11) is 1.62. The predicted molar refractivity (Wildman–Crippen MR) is 99.5 cm³/mol. The van der Waals surface area contributed by atoms with Gasteiger partial charge in [-0.2, -0.15) is 0 Å². The molecule has 0 aliphatic heterocycles. The Kier molecular flexibility index (Phi) is 7.53. The number of rotatable bonds is 6. The summed E-state index contributed by atoms with van der Waals surface area (Å²) in [5.74, 6) is 1.35. The van der Waals surface area contributed by atoms with Crippen molar-refractivity contribution < 1.29 is 25.0 Å². The first-order valence-corrected chi connectivity index (χ1v) is 9.20. The Morgan fingerprint density at radius 2 is 1.81 bits per heavy atom. The Morgan fingerprint density at radius 1 is 1.15 bits per heavy atom. The molecule has 0 amide bonds. The van der Waals surface area contributed by atoms with Crippen LogP contribution in [0.3, 0.4) is 0 Å². The lowest BCUT2D eigenvalue weighted by Crippen LogP contribution is -2.12. The number of methoxy groups -OCH3 is 1. The van der Waals surface area contributed by atoms with Crippen LogP contribution in [0.15, 0.2) is 30.6 Å². The van der Waals surface area contributed by atoms with Gasteiger partial charge in [-0.15, -0.1) is 0 Å². The van der Waals surface area contributed by atoms with Crippen LogP contribution in [0, 0.1) is 0 Å². The third-order valence-electron chi connectivity index (χ3n) is 4.56. The first kappa shape index (κ1) is 20.8. The van der Waals surface area contributed by atoms with Gasteiger partial charge in [0.1, 0.15) is 10.0 Å². The second kappa shape index (κ2) is 9.42. The Labute approximate surface area is 163 Å². The molecule has 0 saturated heterocycles. The molecule has 1 aromatic heterocycles. The topological polar surface area (TPSA) is 82.8 Å². The number of aromatic amines is 1. The maximum Gasteiger partial charge on any atom is 0.186 e. The molecule has 2 aromatic rings. The maximum atomic E-state index is 10.6. The third-order valence-corrected chi connectivity index (χ3v) is 5.24. The van der Waals surface area contributed by atoms with Crippen molar-refractivity contribution in [1.29, 1.82) is 0 Å². The lowest BCUT2D eigenvalue weighted by molar-refractivity contribution is -0.377. The molecule has 3 rings (SSSR count). The van der Waals surface area contributed by atoms with Crippen LogP contribution in [0.5, 0.6) is 11.5 Å². The summed E-state index contributed by atoms with van der Waals surface area (Å²) in [6.07, 6.45) is 7.60. The molecule has 5 nitrogen and oxygen atoms in total. The first-order chi connectivity index (χ1) is 12.1. The SMILES string of the molecule is COc1ccc(C(O)Cc2c(Cl)c[nH+]cc2Cl)cc1OC1CCCC1.[OH-]. The lowest BCUT2D eigenvalue weighted by Gasteiger charge is -2.19. The second-order valence-corrected chi connectivity index (χ2v) is 7.10. The van der Waals surface area contributed by atoms with Crippen LogP contribution in [0.25, 0.3) is 0 Å². The van der Waals surface area contributed by atoms with E-state index < -0.39 is 6.10 Å². The van der Waals surface area contributed by atoms with Crippen LogP contribution >= 0.6 is 23.2 Å². The maximum absolute atomic E-state index is 10.6. The molecule has 1 aliphatic rings. The summed E-state index contributed by atoms with van der Waals surface area (Å²) >= 11 is 12.4. The van der Waals surface area contributed by atoms with Crippen LogP contribution < -0.4 is 14.5 Å². The second-order valence-electron chi connectivity index (χ2n) is 6.28. The number of aromatic nitrogens is 1. The van der Waals surface area contributed by atoms with Gasteiger partial charge in [0.05, 0.1) is 19.3 Å². The van der Waals surface area contributed by atoms with Crippen molar-refractivity contribution in [1.82, 2.24) is 0 Å². The molecule has 1 atom stereocenters. The number of aliphatic hydroxyl groups excluding tert-OH is 1.